The molecular formula is C14H14FN3OS2. The fraction of sp³-hybridized carbons (Fsp3) is 0.286. The van der Waals surface area contributed by atoms with Crippen LogP contribution in [-0.2, 0) is 0 Å². The standard InChI is InChI=1S/C14H14FN3OS2/c15-11-2-1-10(9-12(11)20)13(19)17-4-6-18(7-5-17)14-16-3-8-21-14/h1-3,8-9,20H,4-7H2. The molecule has 0 radical (unpaired) electrons. The van der Waals surface area contributed by atoms with E-state index in [1.807, 2.05) is 5.38 Å². The number of benzene rings is 1. The van der Waals surface area contributed by atoms with Gasteiger partial charge in [0.25, 0.3) is 5.91 Å². The summed E-state index contributed by atoms with van der Waals surface area (Å²) < 4.78 is 13.2. The second-order valence-corrected chi connectivity index (χ2v) is 6.11. The highest BCUT2D eigenvalue weighted by atomic mass is 32.1. The van der Waals surface area contributed by atoms with Gasteiger partial charge in [-0.3, -0.25) is 4.79 Å². The SMILES string of the molecule is O=C(c1ccc(F)c(S)c1)N1CCN(c2nccs2)CC1. The molecule has 0 unspecified atom stereocenters. The summed E-state index contributed by atoms with van der Waals surface area (Å²) in [7, 11) is 0. The van der Waals surface area contributed by atoms with Gasteiger partial charge in [-0.2, -0.15) is 0 Å². The Morgan fingerprint density at radius 1 is 1.29 bits per heavy atom. The molecule has 110 valence electrons. The molecule has 21 heavy (non-hydrogen) atoms. The third-order valence-corrected chi connectivity index (χ3v) is 4.62. The average Bonchev–Trinajstić information content (AvgIpc) is 3.04. The maximum Gasteiger partial charge on any atom is 0.254 e. The topological polar surface area (TPSA) is 36.4 Å². The third kappa shape index (κ3) is 3.03. The summed E-state index contributed by atoms with van der Waals surface area (Å²) in [5, 5.41) is 2.93. The third-order valence-electron chi connectivity index (χ3n) is 3.45. The maximum absolute atomic E-state index is 13.2. The Kier molecular flexibility index (Phi) is 4.12. The number of anilines is 1. The molecule has 1 aliphatic heterocycles. The fourth-order valence-electron chi connectivity index (χ4n) is 2.30. The number of nitrogens with zero attached hydrogens (tertiary/aromatic N) is 3. The fourth-order valence-corrected chi connectivity index (χ4v) is 3.21. The Bertz CT molecular complexity index is 640. The molecule has 1 fully saturated rings. The number of piperazine rings is 1. The lowest BCUT2D eigenvalue weighted by molar-refractivity contribution is 0.0746. The van der Waals surface area contributed by atoms with E-state index >= 15 is 0 Å². The van der Waals surface area contributed by atoms with Crippen LogP contribution in [0.3, 0.4) is 0 Å². The predicted octanol–water partition coefficient (Wildman–Crippen LogP) is 2.53. The first-order valence-electron chi connectivity index (χ1n) is 6.57. The van der Waals surface area contributed by atoms with E-state index in [2.05, 4.69) is 22.5 Å². The average molecular weight is 323 g/mol. The normalized spacial score (nSPS) is 15.3. The largest absolute Gasteiger partial charge is 0.345 e. The van der Waals surface area contributed by atoms with Crippen LogP contribution in [0.4, 0.5) is 9.52 Å². The lowest BCUT2D eigenvalue weighted by Gasteiger charge is -2.34. The highest BCUT2D eigenvalue weighted by molar-refractivity contribution is 7.80. The summed E-state index contributed by atoms with van der Waals surface area (Å²) in [6, 6.07) is 4.26. The molecular weight excluding hydrogens is 309 g/mol. The van der Waals surface area contributed by atoms with Gasteiger partial charge in [0.15, 0.2) is 5.13 Å². The van der Waals surface area contributed by atoms with Crippen molar-refractivity contribution in [1.29, 1.82) is 0 Å². The van der Waals surface area contributed by atoms with Gasteiger partial charge in [-0.05, 0) is 18.2 Å². The summed E-state index contributed by atoms with van der Waals surface area (Å²) in [5.41, 5.74) is 0.476. The lowest BCUT2D eigenvalue weighted by atomic mass is 10.2. The Labute approximate surface area is 131 Å². The summed E-state index contributed by atoms with van der Waals surface area (Å²) in [6.45, 7) is 2.79. The van der Waals surface area contributed by atoms with Gasteiger partial charge in [0.1, 0.15) is 5.82 Å². The quantitative estimate of drug-likeness (QED) is 0.863. The molecule has 1 aliphatic rings. The molecule has 0 saturated carbocycles. The number of carbonyl (C=O) groups is 1. The van der Waals surface area contributed by atoms with Gasteiger partial charge in [-0.15, -0.1) is 24.0 Å². The number of hydrogen-bond donors (Lipinski definition) is 1. The molecule has 0 N–H and O–H groups in total. The van der Waals surface area contributed by atoms with Crippen molar-refractivity contribution in [3.05, 3.63) is 41.2 Å². The van der Waals surface area contributed by atoms with Crippen molar-refractivity contribution in [2.24, 2.45) is 0 Å². The summed E-state index contributed by atoms with van der Waals surface area (Å²) in [4.78, 5) is 20.8. The first-order valence-corrected chi connectivity index (χ1v) is 7.90. The van der Waals surface area contributed by atoms with Gasteiger partial charge in [0.05, 0.1) is 0 Å². The van der Waals surface area contributed by atoms with Crippen LogP contribution in [0, 0.1) is 5.82 Å². The second kappa shape index (κ2) is 6.03. The molecule has 3 rings (SSSR count). The van der Waals surface area contributed by atoms with E-state index < -0.39 is 5.82 Å². The first kappa shape index (κ1) is 14.3. The Morgan fingerprint density at radius 3 is 2.67 bits per heavy atom. The first-order chi connectivity index (χ1) is 10.1. The minimum absolute atomic E-state index is 0.0795. The molecule has 1 amide bonds. The number of hydrogen-bond acceptors (Lipinski definition) is 5. The number of rotatable bonds is 2. The van der Waals surface area contributed by atoms with Crippen molar-refractivity contribution in [3.63, 3.8) is 0 Å². The van der Waals surface area contributed by atoms with Gasteiger partial charge >= 0.3 is 0 Å². The van der Waals surface area contributed by atoms with Crippen molar-refractivity contribution in [2.75, 3.05) is 31.1 Å². The molecule has 2 heterocycles. The lowest BCUT2D eigenvalue weighted by Crippen LogP contribution is -2.48. The van der Waals surface area contributed by atoms with Gasteiger partial charge in [0.2, 0.25) is 0 Å². The molecule has 0 spiro atoms. The van der Waals surface area contributed by atoms with Crippen molar-refractivity contribution in [3.8, 4) is 0 Å². The zero-order valence-electron chi connectivity index (χ0n) is 11.2. The van der Waals surface area contributed by atoms with E-state index in [0.29, 0.717) is 18.7 Å². The van der Waals surface area contributed by atoms with Gasteiger partial charge in [-0.25, -0.2) is 9.37 Å². The molecule has 1 aromatic carbocycles. The van der Waals surface area contributed by atoms with Crippen molar-refractivity contribution < 1.29 is 9.18 Å². The maximum atomic E-state index is 13.2. The van der Waals surface area contributed by atoms with Crippen molar-refractivity contribution >= 4 is 35.0 Å². The van der Waals surface area contributed by atoms with Crippen LogP contribution in [0.25, 0.3) is 0 Å². The van der Waals surface area contributed by atoms with Gasteiger partial charge < -0.3 is 9.80 Å². The van der Waals surface area contributed by atoms with Crippen LogP contribution in [0.2, 0.25) is 0 Å². The Balaban J connectivity index is 1.66. The van der Waals surface area contributed by atoms with Crippen LogP contribution >= 0.6 is 24.0 Å². The van der Waals surface area contributed by atoms with E-state index in [1.165, 1.54) is 18.2 Å². The zero-order chi connectivity index (χ0) is 14.8. The van der Waals surface area contributed by atoms with Crippen LogP contribution in [0.1, 0.15) is 10.4 Å². The number of thiol groups is 1. The molecule has 0 bridgehead atoms. The minimum Gasteiger partial charge on any atom is -0.345 e. The van der Waals surface area contributed by atoms with E-state index in [4.69, 9.17) is 0 Å². The van der Waals surface area contributed by atoms with Crippen molar-refractivity contribution in [2.45, 2.75) is 4.90 Å². The smallest absolute Gasteiger partial charge is 0.254 e. The monoisotopic (exact) mass is 323 g/mol. The van der Waals surface area contributed by atoms with E-state index in [-0.39, 0.29) is 10.8 Å². The van der Waals surface area contributed by atoms with E-state index in [1.54, 1.807) is 22.4 Å². The number of amides is 1. The zero-order valence-corrected chi connectivity index (χ0v) is 12.9. The second-order valence-electron chi connectivity index (χ2n) is 4.76. The minimum atomic E-state index is -0.413. The molecule has 7 heteroatoms. The Morgan fingerprint density at radius 2 is 2.05 bits per heavy atom. The molecule has 0 aliphatic carbocycles. The molecule has 0 atom stereocenters. The number of thiazole rings is 1. The summed E-state index contributed by atoms with van der Waals surface area (Å²) in [5.74, 6) is -0.493. The van der Waals surface area contributed by atoms with E-state index in [0.717, 1.165) is 18.2 Å². The van der Waals surface area contributed by atoms with Crippen LogP contribution in [0.5, 0.6) is 0 Å². The highest BCUT2D eigenvalue weighted by Gasteiger charge is 2.23. The van der Waals surface area contributed by atoms with Crippen LogP contribution < -0.4 is 4.90 Å². The van der Waals surface area contributed by atoms with E-state index in [9.17, 15) is 9.18 Å². The predicted molar refractivity (Wildman–Crippen MR) is 83.9 cm³/mol. The number of carbonyl (C=O) groups excluding carboxylic acids is 1. The Hall–Kier alpha value is -1.60. The van der Waals surface area contributed by atoms with Crippen molar-refractivity contribution in [1.82, 2.24) is 9.88 Å². The van der Waals surface area contributed by atoms with Crippen LogP contribution in [0.15, 0.2) is 34.7 Å². The van der Waals surface area contributed by atoms with Crippen LogP contribution in [-0.4, -0.2) is 42.0 Å². The number of halogens is 1. The summed E-state index contributed by atoms with van der Waals surface area (Å²) in [6.07, 6.45) is 1.78. The number of aromatic nitrogens is 1. The summed E-state index contributed by atoms with van der Waals surface area (Å²) >= 11 is 5.62. The molecule has 4 nitrogen and oxygen atoms in total. The molecule has 1 saturated heterocycles. The molecule has 2 aromatic rings. The molecule has 1 aromatic heterocycles. The highest BCUT2D eigenvalue weighted by Crippen LogP contribution is 2.20. The van der Waals surface area contributed by atoms with Gasteiger partial charge in [-0.1, -0.05) is 0 Å². The van der Waals surface area contributed by atoms with Gasteiger partial charge in [0, 0.05) is 48.2 Å².